The second-order valence-electron chi connectivity index (χ2n) is 5.08. The zero-order valence-electron chi connectivity index (χ0n) is 11.1. The normalized spacial score (nSPS) is 19.1. The Hall–Kier alpha value is 0.320. The van der Waals surface area contributed by atoms with Gasteiger partial charge in [0.1, 0.15) is 5.41 Å². The van der Waals surface area contributed by atoms with Gasteiger partial charge in [-0.2, -0.15) is 0 Å². The highest BCUT2D eigenvalue weighted by Gasteiger charge is 2.36. The van der Waals surface area contributed by atoms with E-state index >= 15 is 0 Å². The van der Waals surface area contributed by atoms with Gasteiger partial charge in [0.2, 0.25) is 0 Å². The van der Waals surface area contributed by atoms with Crippen LogP contribution in [0.1, 0.15) is 65.7 Å². The fourth-order valence-corrected chi connectivity index (χ4v) is 2.78. The van der Waals surface area contributed by atoms with Gasteiger partial charge in [-0.3, -0.25) is 0 Å². The molecule has 1 N–H and O–H groups in total. The average molecular weight is 250 g/mol. The number of alkyl halides is 1. The summed E-state index contributed by atoms with van der Waals surface area (Å²) in [7, 11) is 2.32. The highest BCUT2D eigenvalue weighted by Crippen LogP contribution is 2.43. The van der Waals surface area contributed by atoms with Crippen molar-refractivity contribution in [1.82, 2.24) is 0 Å². The molecule has 0 saturated heterocycles. The molecule has 0 aliphatic rings. The zero-order chi connectivity index (χ0) is 12.7. The fraction of sp³-hybridized carbons (Fsp3) is 1.00. The van der Waals surface area contributed by atoms with Gasteiger partial charge in [0, 0.05) is 6.61 Å². The van der Waals surface area contributed by atoms with Crippen molar-refractivity contribution in [2.45, 2.75) is 71.1 Å². The SMILES string of the molecule is CCCCC(CO)(CCC)CC(F)(P)CC. The first-order valence-electron chi connectivity index (χ1n) is 6.54. The molecule has 16 heavy (non-hydrogen) atoms. The Labute approximate surface area is 102 Å². The third kappa shape index (κ3) is 5.59. The quantitative estimate of drug-likeness (QED) is 0.605. The molecule has 0 heterocycles. The van der Waals surface area contributed by atoms with Crippen molar-refractivity contribution in [3.8, 4) is 0 Å². The topological polar surface area (TPSA) is 20.2 Å². The van der Waals surface area contributed by atoms with E-state index in [1.165, 1.54) is 0 Å². The molecule has 0 bridgehead atoms. The van der Waals surface area contributed by atoms with E-state index in [2.05, 4.69) is 23.1 Å². The van der Waals surface area contributed by atoms with E-state index in [1.54, 1.807) is 0 Å². The number of hydrogen-bond acceptors (Lipinski definition) is 1. The van der Waals surface area contributed by atoms with Crippen LogP contribution in [0.25, 0.3) is 0 Å². The summed E-state index contributed by atoms with van der Waals surface area (Å²) < 4.78 is 14.1. The third-order valence-corrected chi connectivity index (χ3v) is 4.05. The summed E-state index contributed by atoms with van der Waals surface area (Å²) >= 11 is 0. The summed E-state index contributed by atoms with van der Waals surface area (Å²) in [6, 6.07) is 0. The van der Waals surface area contributed by atoms with Crippen molar-refractivity contribution >= 4 is 9.24 Å². The third-order valence-electron chi connectivity index (χ3n) is 3.43. The van der Waals surface area contributed by atoms with Crippen LogP contribution in [0.5, 0.6) is 0 Å². The van der Waals surface area contributed by atoms with Gasteiger partial charge >= 0.3 is 0 Å². The predicted octanol–water partition coefficient (Wildman–Crippen LogP) is 4.30. The predicted molar refractivity (Wildman–Crippen MR) is 72.4 cm³/mol. The van der Waals surface area contributed by atoms with E-state index < -0.39 is 5.41 Å². The molecule has 0 aliphatic heterocycles. The van der Waals surface area contributed by atoms with Gasteiger partial charge in [0.25, 0.3) is 0 Å². The number of hydrogen-bond donors (Lipinski definition) is 1. The van der Waals surface area contributed by atoms with E-state index in [0.717, 1.165) is 32.1 Å². The fourth-order valence-electron chi connectivity index (χ4n) is 2.35. The average Bonchev–Trinajstić information content (AvgIpc) is 2.26. The van der Waals surface area contributed by atoms with Gasteiger partial charge in [-0.05, 0) is 31.1 Å². The number of aliphatic hydroxyl groups is 1. The Balaban J connectivity index is 4.60. The molecule has 0 radical (unpaired) electrons. The maximum Gasteiger partial charge on any atom is 0.124 e. The summed E-state index contributed by atoms with van der Waals surface area (Å²) in [4.78, 5) is 0. The second kappa shape index (κ2) is 7.61. The Kier molecular flexibility index (Phi) is 7.76. The van der Waals surface area contributed by atoms with Gasteiger partial charge in [0.05, 0.1) is 0 Å². The lowest BCUT2D eigenvalue weighted by molar-refractivity contribution is 0.0519. The number of rotatable bonds is 9. The minimum Gasteiger partial charge on any atom is -0.396 e. The second-order valence-corrected chi connectivity index (χ2v) is 6.11. The molecule has 0 amide bonds. The van der Waals surface area contributed by atoms with E-state index in [4.69, 9.17) is 0 Å². The molecule has 0 aromatic heterocycles. The van der Waals surface area contributed by atoms with Crippen molar-refractivity contribution in [3.63, 3.8) is 0 Å². The number of aliphatic hydroxyl groups excluding tert-OH is 1. The van der Waals surface area contributed by atoms with E-state index in [9.17, 15) is 9.50 Å². The molecule has 3 unspecified atom stereocenters. The van der Waals surface area contributed by atoms with Gasteiger partial charge in [-0.25, -0.2) is 4.39 Å². The Morgan fingerprint density at radius 2 is 1.75 bits per heavy atom. The lowest BCUT2D eigenvalue weighted by atomic mass is 9.75. The van der Waals surface area contributed by atoms with E-state index in [-0.39, 0.29) is 12.0 Å². The molecule has 0 spiro atoms. The van der Waals surface area contributed by atoms with Crippen LogP contribution < -0.4 is 0 Å². The standard InChI is InChI=1S/C13H28FOP/c1-4-7-9-12(11-15,8-5-2)10-13(14,16)6-3/h15H,4-11,16H2,1-3H3. The number of halogens is 1. The van der Waals surface area contributed by atoms with E-state index in [0.29, 0.717) is 12.8 Å². The van der Waals surface area contributed by atoms with Crippen LogP contribution in [0.2, 0.25) is 0 Å². The summed E-state index contributed by atoms with van der Waals surface area (Å²) in [5.41, 5.74) is -0.211. The molecule has 98 valence electrons. The smallest absolute Gasteiger partial charge is 0.124 e. The molecular weight excluding hydrogens is 222 g/mol. The van der Waals surface area contributed by atoms with Crippen molar-refractivity contribution < 1.29 is 9.50 Å². The van der Waals surface area contributed by atoms with Gasteiger partial charge in [-0.15, -0.1) is 0 Å². The summed E-state index contributed by atoms with van der Waals surface area (Å²) in [6.07, 6.45) is 6.01. The monoisotopic (exact) mass is 250 g/mol. The van der Waals surface area contributed by atoms with Crippen LogP contribution in [-0.4, -0.2) is 17.1 Å². The molecular formula is C13H28FOP. The Morgan fingerprint density at radius 1 is 1.12 bits per heavy atom. The maximum atomic E-state index is 14.1. The summed E-state index contributed by atoms with van der Waals surface area (Å²) in [6.45, 7) is 6.21. The Morgan fingerprint density at radius 3 is 2.12 bits per heavy atom. The molecule has 0 aliphatic carbocycles. The molecule has 3 heteroatoms. The van der Waals surface area contributed by atoms with Gasteiger partial charge < -0.3 is 5.11 Å². The molecule has 0 rings (SSSR count). The van der Waals surface area contributed by atoms with Crippen LogP contribution >= 0.6 is 9.24 Å². The molecule has 0 saturated carbocycles. The van der Waals surface area contributed by atoms with Crippen molar-refractivity contribution in [2.24, 2.45) is 5.41 Å². The highest BCUT2D eigenvalue weighted by molar-refractivity contribution is 7.18. The molecule has 0 fully saturated rings. The summed E-state index contributed by atoms with van der Waals surface area (Å²) in [5.74, 6) is 0. The molecule has 3 atom stereocenters. The van der Waals surface area contributed by atoms with Crippen molar-refractivity contribution in [2.75, 3.05) is 6.61 Å². The molecule has 0 aromatic carbocycles. The lowest BCUT2D eigenvalue weighted by Crippen LogP contribution is -2.32. The first kappa shape index (κ1) is 16.3. The maximum absolute atomic E-state index is 14.1. The van der Waals surface area contributed by atoms with Crippen LogP contribution in [0.4, 0.5) is 4.39 Å². The minimum atomic E-state index is -1.22. The van der Waals surface area contributed by atoms with Crippen LogP contribution in [0.3, 0.4) is 0 Å². The minimum absolute atomic E-state index is 0.112. The summed E-state index contributed by atoms with van der Waals surface area (Å²) in [5, 5.41) is 8.40. The first-order chi connectivity index (χ1) is 7.45. The van der Waals surface area contributed by atoms with Crippen LogP contribution in [0.15, 0.2) is 0 Å². The highest BCUT2D eigenvalue weighted by atomic mass is 31.0. The van der Waals surface area contributed by atoms with E-state index in [1.807, 2.05) is 6.92 Å². The zero-order valence-corrected chi connectivity index (χ0v) is 12.2. The van der Waals surface area contributed by atoms with Gasteiger partial charge in [-0.1, -0.05) is 49.3 Å². The largest absolute Gasteiger partial charge is 0.396 e. The molecule has 1 nitrogen and oxygen atoms in total. The van der Waals surface area contributed by atoms with Crippen molar-refractivity contribution in [1.29, 1.82) is 0 Å². The van der Waals surface area contributed by atoms with Crippen LogP contribution in [0, 0.1) is 5.41 Å². The lowest BCUT2D eigenvalue weighted by Gasteiger charge is -2.36. The molecule has 0 aromatic rings. The van der Waals surface area contributed by atoms with Crippen LogP contribution in [-0.2, 0) is 0 Å². The first-order valence-corrected chi connectivity index (χ1v) is 7.11. The van der Waals surface area contributed by atoms with Gasteiger partial charge in [0.15, 0.2) is 0 Å². The number of unbranched alkanes of at least 4 members (excludes halogenated alkanes) is 1. The van der Waals surface area contributed by atoms with Crippen molar-refractivity contribution in [3.05, 3.63) is 0 Å². The Bertz CT molecular complexity index is 185.